The van der Waals surface area contributed by atoms with Crippen LogP contribution in [0.4, 0.5) is 0 Å². The molecule has 0 aliphatic rings. The van der Waals surface area contributed by atoms with Crippen LogP contribution in [0.25, 0.3) is 17.1 Å². The molecule has 1 aromatic heterocycles. The Morgan fingerprint density at radius 2 is 1.79 bits per heavy atom. The zero-order valence-corrected chi connectivity index (χ0v) is 17.7. The van der Waals surface area contributed by atoms with Gasteiger partial charge in [-0.05, 0) is 49.7 Å². The van der Waals surface area contributed by atoms with E-state index in [0.717, 1.165) is 23.4 Å². The number of hydrogen-bond donors (Lipinski definition) is 0. The van der Waals surface area contributed by atoms with Crippen LogP contribution >= 0.6 is 11.8 Å². The number of benzene rings is 2. The van der Waals surface area contributed by atoms with Gasteiger partial charge >= 0.3 is 5.97 Å². The summed E-state index contributed by atoms with van der Waals surface area (Å²) in [6, 6.07) is 17.6. The summed E-state index contributed by atoms with van der Waals surface area (Å²) in [5.41, 5.74) is 1.85. The van der Waals surface area contributed by atoms with Gasteiger partial charge in [-0.3, -0.25) is 9.36 Å². The minimum atomic E-state index is -0.324. The molecular formula is C22H25N3O3S. The van der Waals surface area contributed by atoms with Crippen molar-refractivity contribution in [1.29, 1.82) is 0 Å². The van der Waals surface area contributed by atoms with Gasteiger partial charge in [-0.15, -0.1) is 10.2 Å². The SMILES string of the molecule is CCC[C@H](Sc1nnc(-c2ccc(OC)cc2)n1-c1ccccc1)C(=O)OCC. The number of rotatable bonds is 9. The highest BCUT2D eigenvalue weighted by Gasteiger charge is 2.25. The Kier molecular flexibility index (Phi) is 7.30. The molecule has 0 N–H and O–H groups in total. The number of ether oxygens (including phenoxy) is 2. The second-order valence-corrected chi connectivity index (χ2v) is 7.52. The monoisotopic (exact) mass is 411 g/mol. The molecule has 2 aromatic carbocycles. The normalized spacial score (nSPS) is 11.8. The Labute approximate surface area is 175 Å². The lowest BCUT2D eigenvalue weighted by Gasteiger charge is -2.15. The Morgan fingerprint density at radius 3 is 2.41 bits per heavy atom. The molecule has 0 spiro atoms. The molecule has 0 bridgehead atoms. The molecule has 29 heavy (non-hydrogen) atoms. The number of carbonyl (C=O) groups is 1. The summed E-state index contributed by atoms with van der Waals surface area (Å²) in [7, 11) is 1.64. The minimum Gasteiger partial charge on any atom is -0.497 e. The predicted octanol–water partition coefficient (Wildman–Crippen LogP) is 4.77. The minimum absolute atomic E-state index is 0.215. The van der Waals surface area contributed by atoms with Crippen molar-refractivity contribution in [3.05, 3.63) is 54.6 Å². The van der Waals surface area contributed by atoms with Crippen LogP contribution in [-0.4, -0.2) is 39.7 Å². The Morgan fingerprint density at radius 1 is 1.07 bits per heavy atom. The number of esters is 1. The number of carbonyl (C=O) groups excluding carboxylic acids is 1. The van der Waals surface area contributed by atoms with E-state index in [1.165, 1.54) is 11.8 Å². The number of thioether (sulfide) groups is 1. The molecule has 0 aliphatic carbocycles. The van der Waals surface area contributed by atoms with E-state index in [2.05, 4.69) is 17.1 Å². The third kappa shape index (κ3) is 4.98. The molecule has 7 heteroatoms. The maximum atomic E-state index is 12.4. The number of hydrogen-bond acceptors (Lipinski definition) is 6. The highest BCUT2D eigenvalue weighted by molar-refractivity contribution is 8.00. The average Bonchev–Trinajstić information content (AvgIpc) is 3.18. The van der Waals surface area contributed by atoms with Gasteiger partial charge in [-0.1, -0.05) is 43.3 Å². The zero-order valence-electron chi connectivity index (χ0n) is 16.9. The maximum Gasteiger partial charge on any atom is 0.319 e. The molecule has 6 nitrogen and oxygen atoms in total. The molecule has 0 aliphatic heterocycles. The summed E-state index contributed by atoms with van der Waals surface area (Å²) >= 11 is 1.40. The van der Waals surface area contributed by atoms with Crippen LogP contribution in [0.2, 0.25) is 0 Å². The van der Waals surface area contributed by atoms with Crippen LogP contribution in [0.3, 0.4) is 0 Å². The van der Waals surface area contributed by atoms with Gasteiger partial charge < -0.3 is 9.47 Å². The first-order chi connectivity index (χ1) is 14.2. The van der Waals surface area contributed by atoms with Crippen molar-refractivity contribution in [2.24, 2.45) is 0 Å². The molecule has 0 saturated heterocycles. The van der Waals surface area contributed by atoms with Gasteiger partial charge in [0.25, 0.3) is 0 Å². The van der Waals surface area contributed by atoms with E-state index < -0.39 is 0 Å². The van der Waals surface area contributed by atoms with Gasteiger partial charge in [0.1, 0.15) is 11.0 Å². The zero-order chi connectivity index (χ0) is 20.6. The number of para-hydroxylation sites is 1. The van der Waals surface area contributed by atoms with Crippen molar-refractivity contribution in [3.63, 3.8) is 0 Å². The topological polar surface area (TPSA) is 66.2 Å². The molecule has 0 saturated carbocycles. The lowest BCUT2D eigenvalue weighted by molar-refractivity contribution is -0.142. The molecule has 0 radical (unpaired) electrons. The van der Waals surface area contributed by atoms with Gasteiger partial charge in [0.15, 0.2) is 11.0 Å². The molecule has 3 rings (SSSR count). The van der Waals surface area contributed by atoms with Crippen LogP contribution in [0.1, 0.15) is 26.7 Å². The quantitative estimate of drug-likeness (QED) is 0.373. The van der Waals surface area contributed by atoms with E-state index in [9.17, 15) is 4.79 Å². The fourth-order valence-corrected chi connectivity index (χ4v) is 4.09. The standard InChI is InChI=1S/C22H25N3O3S/c1-4-9-19(21(26)28-5-2)29-22-24-23-20(16-12-14-18(27-3)15-13-16)25(22)17-10-7-6-8-11-17/h6-8,10-15,19H,4-5,9H2,1-3H3/t19-/m0/s1. The van der Waals surface area contributed by atoms with Crippen LogP contribution < -0.4 is 4.74 Å². The van der Waals surface area contributed by atoms with E-state index in [0.29, 0.717) is 24.0 Å². The summed E-state index contributed by atoms with van der Waals surface area (Å²) < 4.78 is 12.5. The predicted molar refractivity (Wildman–Crippen MR) is 115 cm³/mol. The molecule has 1 heterocycles. The molecule has 3 aromatic rings. The van der Waals surface area contributed by atoms with Gasteiger partial charge in [0.05, 0.1) is 13.7 Å². The molecule has 0 amide bonds. The second kappa shape index (κ2) is 10.1. The Bertz CT molecular complexity index is 926. The van der Waals surface area contributed by atoms with Crippen LogP contribution in [0.5, 0.6) is 5.75 Å². The largest absolute Gasteiger partial charge is 0.497 e. The van der Waals surface area contributed by atoms with Gasteiger partial charge in [-0.25, -0.2) is 0 Å². The number of methoxy groups -OCH3 is 1. The fourth-order valence-electron chi connectivity index (χ4n) is 2.93. The highest BCUT2D eigenvalue weighted by Crippen LogP contribution is 2.32. The van der Waals surface area contributed by atoms with Crippen LogP contribution in [-0.2, 0) is 9.53 Å². The van der Waals surface area contributed by atoms with E-state index in [1.807, 2.05) is 66.1 Å². The Hall–Kier alpha value is -2.80. The Balaban J connectivity index is 2.03. The molecule has 152 valence electrons. The first-order valence-electron chi connectivity index (χ1n) is 9.66. The van der Waals surface area contributed by atoms with E-state index in [-0.39, 0.29) is 11.2 Å². The third-order valence-corrected chi connectivity index (χ3v) is 5.53. The van der Waals surface area contributed by atoms with Crippen LogP contribution in [0.15, 0.2) is 59.8 Å². The summed E-state index contributed by atoms with van der Waals surface area (Å²) in [5.74, 6) is 1.27. The smallest absolute Gasteiger partial charge is 0.319 e. The lowest BCUT2D eigenvalue weighted by atomic mass is 10.2. The molecule has 1 atom stereocenters. The van der Waals surface area contributed by atoms with Crippen molar-refractivity contribution in [1.82, 2.24) is 14.8 Å². The first kappa shape index (κ1) is 20.9. The maximum absolute atomic E-state index is 12.4. The summed E-state index contributed by atoms with van der Waals surface area (Å²) in [5, 5.41) is 9.19. The molecular weight excluding hydrogens is 386 g/mol. The van der Waals surface area contributed by atoms with Crippen molar-refractivity contribution >= 4 is 17.7 Å². The highest BCUT2D eigenvalue weighted by atomic mass is 32.2. The van der Waals surface area contributed by atoms with Crippen LogP contribution in [0, 0.1) is 0 Å². The van der Waals surface area contributed by atoms with Crippen molar-refractivity contribution in [3.8, 4) is 22.8 Å². The number of aromatic nitrogens is 3. The van der Waals surface area contributed by atoms with Crippen molar-refractivity contribution in [2.75, 3.05) is 13.7 Å². The average molecular weight is 412 g/mol. The van der Waals surface area contributed by atoms with Gasteiger partial charge in [0, 0.05) is 11.3 Å². The molecule has 0 unspecified atom stereocenters. The van der Waals surface area contributed by atoms with Crippen molar-refractivity contribution < 1.29 is 14.3 Å². The fraction of sp³-hybridized carbons (Fsp3) is 0.318. The van der Waals surface area contributed by atoms with Gasteiger partial charge in [0.2, 0.25) is 0 Å². The summed E-state index contributed by atoms with van der Waals surface area (Å²) in [4.78, 5) is 12.4. The summed E-state index contributed by atoms with van der Waals surface area (Å²) in [6.07, 6.45) is 1.59. The molecule has 0 fully saturated rings. The third-order valence-electron chi connectivity index (χ3n) is 4.34. The van der Waals surface area contributed by atoms with Crippen molar-refractivity contribution in [2.45, 2.75) is 37.1 Å². The first-order valence-corrected chi connectivity index (χ1v) is 10.5. The van der Waals surface area contributed by atoms with E-state index in [1.54, 1.807) is 7.11 Å². The second-order valence-electron chi connectivity index (χ2n) is 6.35. The van der Waals surface area contributed by atoms with E-state index in [4.69, 9.17) is 9.47 Å². The van der Waals surface area contributed by atoms with E-state index >= 15 is 0 Å². The van der Waals surface area contributed by atoms with Gasteiger partial charge in [-0.2, -0.15) is 0 Å². The lowest BCUT2D eigenvalue weighted by Crippen LogP contribution is -2.20. The summed E-state index contributed by atoms with van der Waals surface area (Å²) in [6.45, 7) is 4.24. The number of nitrogens with zero attached hydrogens (tertiary/aromatic N) is 3.